The van der Waals surface area contributed by atoms with Crippen molar-refractivity contribution in [3.63, 3.8) is 0 Å². The Bertz CT molecular complexity index is 376. The Morgan fingerprint density at radius 3 is 2.39 bits per heavy atom. The van der Waals surface area contributed by atoms with E-state index in [2.05, 4.69) is 0 Å². The molecule has 100 valence electrons. The molecule has 3 nitrogen and oxygen atoms in total. The minimum Gasteiger partial charge on any atom is -0.481 e. The molecule has 0 atom stereocenters. The van der Waals surface area contributed by atoms with Gasteiger partial charge in [0.1, 0.15) is 0 Å². The highest BCUT2D eigenvalue weighted by Crippen LogP contribution is 2.15. The van der Waals surface area contributed by atoms with E-state index in [9.17, 15) is 9.18 Å². The van der Waals surface area contributed by atoms with Crippen LogP contribution in [0.2, 0.25) is 0 Å². The van der Waals surface area contributed by atoms with Crippen LogP contribution in [0, 0.1) is 5.82 Å². The predicted octanol–water partition coefficient (Wildman–Crippen LogP) is 2.85. The normalized spacial score (nSPS) is 10.2. The van der Waals surface area contributed by atoms with Crippen LogP contribution in [0.1, 0.15) is 26.7 Å². The first kappa shape index (κ1) is 14.5. The molecule has 0 aromatic heterocycles. The van der Waals surface area contributed by atoms with Crippen LogP contribution in [0.15, 0.2) is 24.3 Å². The average molecular weight is 253 g/mol. The number of para-hydroxylation sites is 1. The summed E-state index contributed by atoms with van der Waals surface area (Å²) in [6.45, 7) is 5.36. The molecule has 4 heteroatoms. The summed E-state index contributed by atoms with van der Waals surface area (Å²) >= 11 is 0. The topological polar surface area (TPSA) is 29.5 Å². The molecule has 1 aromatic carbocycles. The van der Waals surface area contributed by atoms with Gasteiger partial charge in [-0.1, -0.05) is 26.0 Å². The van der Waals surface area contributed by atoms with Gasteiger partial charge in [-0.25, -0.2) is 4.39 Å². The highest BCUT2D eigenvalue weighted by atomic mass is 19.1. The van der Waals surface area contributed by atoms with Gasteiger partial charge in [0.15, 0.2) is 18.2 Å². The third-order valence-electron chi connectivity index (χ3n) is 2.53. The van der Waals surface area contributed by atoms with Crippen molar-refractivity contribution in [2.24, 2.45) is 0 Å². The Balaban J connectivity index is 2.51. The lowest BCUT2D eigenvalue weighted by Gasteiger charge is -2.21. The Kier molecular flexibility index (Phi) is 6.19. The Labute approximate surface area is 108 Å². The van der Waals surface area contributed by atoms with Gasteiger partial charge in [-0.05, 0) is 25.0 Å². The molecule has 0 aliphatic carbocycles. The summed E-state index contributed by atoms with van der Waals surface area (Å²) in [4.78, 5) is 13.6. The number of hydrogen-bond acceptors (Lipinski definition) is 2. The van der Waals surface area contributed by atoms with Crippen LogP contribution in [0.3, 0.4) is 0 Å². The number of benzene rings is 1. The zero-order valence-corrected chi connectivity index (χ0v) is 11.0. The van der Waals surface area contributed by atoms with Crippen molar-refractivity contribution >= 4 is 5.91 Å². The molecule has 1 rings (SSSR count). The van der Waals surface area contributed by atoms with Crippen LogP contribution in [-0.4, -0.2) is 30.5 Å². The molecule has 0 fully saturated rings. The van der Waals surface area contributed by atoms with E-state index in [-0.39, 0.29) is 18.3 Å². The van der Waals surface area contributed by atoms with Crippen LogP contribution < -0.4 is 4.74 Å². The highest BCUT2D eigenvalue weighted by Gasteiger charge is 2.13. The molecule has 0 spiro atoms. The molecule has 0 aliphatic rings. The summed E-state index contributed by atoms with van der Waals surface area (Å²) in [7, 11) is 0. The number of amides is 1. The first-order chi connectivity index (χ1) is 8.69. The van der Waals surface area contributed by atoms with Crippen LogP contribution >= 0.6 is 0 Å². The van der Waals surface area contributed by atoms with Crippen molar-refractivity contribution in [1.82, 2.24) is 4.90 Å². The maximum Gasteiger partial charge on any atom is 0.260 e. The number of hydrogen-bond donors (Lipinski definition) is 0. The summed E-state index contributed by atoms with van der Waals surface area (Å²) in [5.74, 6) is -0.413. The SMILES string of the molecule is CCCN(CCC)C(=O)COc1ccccc1F. The van der Waals surface area contributed by atoms with Gasteiger partial charge in [0.05, 0.1) is 0 Å². The second-order valence-corrected chi connectivity index (χ2v) is 4.10. The van der Waals surface area contributed by atoms with E-state index in [1.165, 1.54) is 12.1 Å². The molecule has 0 saturated heterocycles. The van der Waals surface area contributed by atoms with Gasteiger partial charge in [0, 0.05) is 13.1 Å². The number of halogens is 1. The quantitative estimate of drug-likeness (QED) is 0.747. The van der Waals surface area contributed by atoms with Crippen LogP contribution in [0.5, 0.6) is 5.75 Å². The molecule has 1 aromatic rings. The third kappa shape index (κ3) is 4.35. The van der Waals surface area contributed by atoms with Gasteiger partial charge < -0.3 is 9.64 Å². The minimum absolute atomic E-state index is 0.0954. The second-order valence-electron chi connectivity index (χ2n) is 4.10. The smallest absolute Gasteiger partial charge is 0.260 e. The molecule has 1 amide bonds. The largest absolute Gasteiger partial charge is 0.481 e. The number of carbonyl (C=O) groups is 1. The summed E-state index contributed by atoms with van der Waals surface area (Å²) < 4.78 is 18.5. The lowest BCUT2D eigenvalue weighted by molar-refractivity contribution is -0.133. The molecule has 0 bridgehead atoms. The fourth-order valence-corrected chi connectivity index (χ4v) is 1.69. The standard InChI is InChI=1S/C14H20FNO2/c1-3-9-16(10-4-2)14(17)11-18-13-8-6-5-7-12(13)15/h5-8H,3-4,9-11H2,1-2H3. The van der Waals surface area contributed by atoms with Crippen LogP contribution in [0.25, 0.3) is 0 Å². The van der Waals surface area contributed by atoms with Gasteiger partial charge in [-0.2, -0.15) is 0 Å². The van der Waals surface area contributed by atoms with Crippen molar-refractivity contribution < 1.29 is 13.9 Å². The number of carbonyl (C=O) groups excluding carboxylic acids is 1. The van der Waals surface area contributed by atoms with E-state index in [4.69, 9.17) is 4.74 Å². The van der Waals surface area contributed by atoms with E-state index in [1.807, 2.05) is 13.8 Å². The summed E-state index contributed by atoms with van der Waals surface area (Å²) in [5.41, 5.74) is 0. The van der Waals surface area contributed by atoms with E-state index in [0.29, 0.717) is 13.1 Å². The van der Waals surface area contributed by atoms with Crippen molar-refractivity contribution in [3.05, 3.63) is 30.1 Å². The lowest BCUT2D eigenvalue weighted by Crippen LogP contribution is -2.36. The lowest BCUT2D eigenvalue weighted by atomic mass is 10.3. The van der Waals surface area contributed by atoms with Gasteiger partial charge in [0.25, 0.3) is 5.91 Å². The molecular formula is C14H20FNO2. The Hall–Kier alpha value is -1.58. The predicted molar refractivity (Wildman–Crippen MR) is 69.1 cm³/mol. The number of nitrogens with zero attached hydrogens (tertiary/aromatic N) is 1. The molecule has 0 N–H and O–H groups in total. The highest BCUT2D eigenvalue weighted by molar-refractivity contribution is 5.77. The van der Waals surface area contributed by atoms with Gasteiger partial charge >= 0.3 is 0 Å². The van der Waals surface area contributed by atoms with Crippen molar-refractivity contribution in [3.8, 4) is 5.75 Å². The van der Waals surface area contributed by atoms with Crippen LogP contribution in [0.4, 0.5) is 4.39 Å². The zero-order chi connectivity index (χ0) is 13.4. The zero-order valence-electron chi connectivity index (χ0n) is 11.0. The monoisotopic (exact) mass is 253 g/mol. The first-order valence-electron chi connectivity index (χ1n) is 6.34. The van der Waals surface area contributed by atoms with E-state index in [1.54, 1.807) is 17.0 Å². The Morgan fingerprint density at radius 2 is 1.83 bits per heavy atom. The first-order valence-corrected chi connectivity index (χ1v) is 6.34. The molecule has 0 unspecified atom stereocenters. The van der Waals surface area contributed by atoms with E-state index in [0.717, 1.165) is 12.8 Å². The van der Waals surface area contributed by atoms with E-state index >= 15 is 0 Å². The molecule has 0 radical (unpaired) electrons. The van der Waals surface area contributed by atoms with Crippen molar-refractivity contribution in [2.45, 2.75) is 26.7 Å². The summed E-state index contributed by atoms with van der Waals surface area (Å²) in [5, 5.41) is 0. The molecular weight excluding hydrogens is 233 g/mol. The van der Waals surface area contributed by atoms with Crippen molar-refractivity contribution in [1.29, 1.82) is 0 Å². The van der Waals surface area contributed by atoms with Crippen LogP contribution in [-0.2, 0) is 4.79 Å². The fraction of sp³-hybridized carbons (Fsp3) is 0.500. The van der Waals surface area contributed by atoms with Gasteiger partial charge in [-0.3, -0.25) is 4.79 Å². The van der Waals surface area contributed by atoms with Gasteiger partial charge in [0.2, 0.25) is 0 Å². The fourth-order valence-electron chi connectivity index (χ4n) is 1.69. The number of rotatable bonds is 7. The number of ether oxygens (including phenoxy) is 1. The summed E-state index contributed by atoms with van der Waals surface area (Å²) in [6, 6.07) is 6.10. The molecule has 0 heterocycles. The second kappa shape index (κ2) is 7.69. The maximum atomic E-state index is 13.3. The van der Waals surface area contributed by atoms with Crippen molar-refractivity contribution in [2.75, 3.05) is 19.7 Å². The van der Waals surface area contributed by atoms with Gasteiger partial charge in [-0.15, -0.1) is 0 Å². The van der Waals surface area contributed by atoms with E-state index < -0.39 is 5.82 Å². The molecule has 18 heavy (non-hydrogen) atoms. The minimum atomic E-state index is -0.442. The Morgan fingerprint density at radius 1 is 1.22 bits per heavy atom. The average Bonchev–Trinajstić information content (AvgIpc) is 2.37. The molecule has 0 aliphatic heterocycles. The maximum absolute atomic E-state index is 13.3. The summed E-state index contributed by atoms with van der Waals surface area (Å²) in [6.07, 6.45) is 1.82. The third-order valence-corrected chi connectivity index (χ3v) is 2.53. The molecule has 0 saturated carbocycles.